The summed E-state index contributed by atoms with van der Waals surface area (Å²) in [6, 6.07) is 0.171. The van der Waals surface area contributed by atoms with Crippen molar-refractivity contribution in [3.8, 4) is 0 Å². The molecule has 0 bridgehead atoms. The molecule has 0 aromatic rings. The molecule has 3 nitrogen and oxygen atoms in total. The molecule has 0 saturated carbocycles. The zero-order valence-corrected chi connectivity index (χ0v) is 11.5. The van der Waals surface area contributed by atoms with Gasteiger partial charge in [-0.3, -0.25) is 0 Å². The second-order valence-corrected chi connectivity index (χ2v) is 7.14. The number of hydrogen-bond donors (Lipinski definition) is 1. The lowest BCUT2D eigenvalue weighted by Crippen LogP contribution is -2.46. The van der Waals surface area contributed by atoms with Crippen molar-refractivity contribution in [2.75, 3.05) is 0 Å². The summed E-state index contributed by atoms with van der Waals surface area (Å²) < 4.78 is 20.5. The summed E-state index contributed by atoms with van der Waals surface area (Å²) in [7, 11) is -1.02. The van der Waals surface area contributed by atoms with Gasteiger partial charge in [0.05, 0.1) is 28.0 Å². The minimum absolute atomic E-state index is 0.154. The standard InChI is InChI=1S/C12H23NO2S/c1-5-10(11-8-6-7-9-15-11)13-16(14)12(2,3)4/h7,9-11,13H,5-6,8H2,1-4H3. The van der Waals surface area contributed by atoms with Crippen molar-refractivity contribution < 1.29 is 8.95 Å². The highest BCUT2D eigenvalue weighted by molar-refractivity contribution is 7.84. The van der Waals surface area contributed by atoms with Crippen LogP contribution >= 0.6 is 0 Å². The smallest absolute Gasteiger partial charge is 0.114 e. The van der Waals surface area contributed by atoms with E-state index in [0.29, 0.717) is 0 Å². The molecule has 1 N–H and O–H groups in total. The van der Waals surface area contributed by atoms with Crippen LogP contribution in [0.2, 0.25) is 0 Å². The molecule has 1 aliphatic rings. The molecule has 0 spiro atoms. The molecule has 0 saturated heterocycles. The van der Waals surface area contributed by atoms with E-state index in [1.54, 1.807) is 6.26 Å². The lowest BCUT2D eigenvalue weighted by atomic mass is 10.0. The summed E-state index contributed by atoms with van der Waals surface area (Å²) in [5.41, 5.74) is 0. The Kier molecular flexibility index (Phi) is 4.99. The maximum atomic E-state index is 12.0. The third-order valence-electron chi connectivity index (χ3n) is 2.67. The Hall–Kier alpha value is -0.350. The van der Waals surface area contributed by atoms with Gasteiger partial charge in [-0.2, -0.15) is 0 Å². The van der Waals surface area contributed by atoms with Gasteiger partial charge in [-0.15, -0.1) is 0 Å². The zero-order valence-electron chi connectivity index (χ0n) is 10.7. The number of allylic oxidation sites excluding steroid dienone is 1. The molecule has 0 aliphatic carbocycles. The number of nitrogens with one attached hydrogen (secondary N) is 1. The number of ether oxygens (including phenoxy) is 1. The van der Waals surface area contributed by atoms with Gasteiger partial charge in [0, 0.05) is 0 Å². The lowest BCUT2D eigenvalue weighted by molar-refractivity contribution is 0.0925. The Morgan fingerprint density at radius 1 is 1.56 bits per heavy atom. The molecule has 1 heterocycles. The molecule has 0 aromatic heterocycles. The van der Waals surface area contributed by atoms with E-state index in [1.165, 1.54) is 0 Å². The fourth-order valence-corrected chi connectivity index (χ4v) is 2.53. The van der Waals surface area contributed by atoms with E-state index in [0.717, 1.165) is 19.3 Å². The molecule has 0 aromatic carbocycles. The van der Waals surface area contributed by atoms with Gasteiger partial charge in [-0.25, -0.2) is 8.93 Å². The fraction of sp³-hybridized carbons (Fsp3) is 0.833. The van der Waals surface area contributed by atoms with Crippen molar-refractivity contribution >= 4 is 11.0 Å². The molecule has 94 valence electrons. The molecule has 0 fully saturated rings. The van der Waals surface area contributed by atoms with E-state index < -0.39 is 11.0 Å². The normalized spacial score (nSPS) is 24.9. The predicted molar refractivity (Wildman–Crippen MR) is 68.4 cm³/mol. The molecule has 3 unspecified atom stereocenters. The molecule has 1 rings (SSSR count). The summed E-state index contributed by atoms with van der Waals surface area (Å²) in [5, 5.41) is 0. The minimum atomic E-state index is -1.02. The number of rotatable bonds is 4. The van der Waals surface area contributed by atoms with Crippen LogP contribution in [0.15, 0.2) is 12.3 Å². The highest BCUT2D eigenvalue weighted by Crippen LogP contribution is 2.18. The van der Waals surface area contributed by atoms with Crippen LogP contribution < -0.4 is 4.72 Å². The highest BCUT2D eigenvalue weighted by Gasteiger charge is 2.27. The fourth-order valence-electron chi connectivity index (χ4n) is 1.59. The number of hydrogen-bond acceptors (Lipinski definition) is 2. The molecule has 3 atom stereocenters. The van der Waals surface area contributed by atoms with Crippen molar-refractivity contribution in [2.24, 2.45) is 0 Å². The quantitative estimate of drug-likeness (QED) is 0.826. The van der Waals surface area contributed by atoms with Gasteiger partial charge in [-0.05, 0) is 46.1 Å². The molecular formula is C12H23NO2S. The van der Waals surface area contributed by atoms with Gasteiger partial charge < -0.3 is 4.74 Å². The van der Waals surface area contributed by atoms with Crippen LogP contribution in [0, 0.1) is 0 Å². The van der Waals surface area contributed by atoms with Gasteiger partial charge in [0.2, 0.25) is 0 Å². The summed E-state index contributed by atoms with van der Waals surface area (Å²) in [5.74, 6) is 0. The molecule has 0 radical (unpaired) electrons. The van der Waals surface area contributed by atoms with Crippen molar-refractivity contribution in [3.05, 3.63) is 12.3 Å². The predicted octanol–water partition coefficient (Wildman–Crippen LogP) is 2.51. The van der Waals surface area contributed by atoms with Gasteiger partial charge in [-0.1, -0.05) is 6.92 Å². The average molecular weight is 245 g/mol. The van der Waals surface area contributed by atoms with Crippen molar-refractivity contribution in [2.45, 2.75) is 63.9 Å². The second-order valence-electron chi connectivity index (χ2n) is 5.14. The Morgan fingerprint density at radius 2 is 2.25 bits per heavy atom. The highest BCUT2D eigenvalue weighted by atomic mass is 32.2. The van der Waals surface area contributed by atoms with Gasteiger partial charge in [0.15, 0.2) is 0 Å². The first-order chi connectivity index (χ1) is 7.45. The van der Waals surface area contributed by atoms with E-state index >= 15 is 0 Å². The van der Waals surface area contributed by atoms with E-state index in [4.69, 9.17) is 4.74 Å². The van der Waals surface area contributed by atoms with Crippen LogP contribution in [0.1, 0.15) is 47.0 Å². The zero-order chi connectivity index (χ0) is 12.2. The first-order valence-corrected chi connectivity index (χ1v) is 7.08. The van der Waals surface area contributed by atoms with Crippen molar-refractivity contribution in [1.29, 1.82) is 0 Å². The first-order valence-electron chi connectivity index (χ1n) is 5.93. The lowest BCUT2D eigenvalue weighted by Gasteiger charge is -2.30. The Labute approximate surface area is 101 Å². The molecule has 4 heteroatoms. The van der Waals surface area contributed by atoms with E-state index in [1.807, 2.05) is 26.8 Å². The van der Waals surface area contributed by atoms with Gasteiger partial charge in [0.25, 0.3) is 0 Å². The van der Waals surface area contributed by atoms with Crippen molar-refractivity contribution in [1.82, 2.24) is 4.72 Å². The van der Waals surface area contributed by atoms with Gasteiger partial charge >= 0.3 is 0 Å². The first kappa shape index (κ1) is 13.7. The second kappa shape index (κ2) is 5.82. The van der Waals surface area contributed by atoms with Crippen LogP contribution in [0.3, 0.4) is 0 Å². The Bertz CT molecular complexity index is 271. The van der Waals surface area contributed by atoms with Crippen LogP contribution in [0.4, 0.5) is 0 Å². The monoisotopic (exact) mass is 245 g/mol. The third kappa shape index (κ3) is 3.91. The summed E-state index contributed by atoms with van der Waals surface area (Å²) in [4.78, 5) is 0. The molecule has 1 aliphatic heterocycles. The summed E-state index contributed by atoms with van der Waals surface area (Å²) in [6.45, 7) is 8.03. The van der Waals surface area contributed by atoms with Crippen LogP contribution in [-0.4, -0.2) is 21.1 Å². The summed E-state index contributed by atoms with van der Waals surface area (Å²) in [6.07, 6.45) is 6.93. The third-order valence-corrected chi connectivity index (χ3v) is 4.30. The minimum Gasteiger partial charge on any atom is -0.497 e. The van der Waals surface area contributed by atoms with Gasteiger partial charge in [0.1, 0.15) is 6.10 Å². The van der Waals surface area contributed by atoms with Crippen molar-refractivity contribution in [3.63, 3.8) is 0 Å². The van der Waals surface area contributed by atoms with Crippen LogP contribution in [0.5, 0.6) is 0 Å². The molecule has 16 heavy (non-hydrogen) atoms. The maximum Gasteiger partial charge on any atom is 0.114 e. The maximum absolute atomic E-state index is 12.0. The SMILES string of the molecule is CCC(NS(=O)C(C)(C)C)C1CCC=CO1. The largest absolute Gasteiger partial charge is 0.497 e. The topological polar surface area (TPSA) is 38.3 Å². The Balaban J connectivity index is 2.55. The van der Waals surface area contributed by atoms with Crippen LogP contribution in [0.25, 0.3) is 0 Å². The van der Waals surface area contributed by atoms with E-state index in [-0.39, 0.29) is 16.9 Å². The molecular weight excluding hydrogens is 222 g/mol. The average Bonchev–Trinajstić information content (AvgIpc) is 2.25. The van der Waals surface area contributed by atoms with E-state index in [2.05, 4.69) is 11.6 Å². The van der Waals surface area contributed by atoms with E-state index in [9.17, 15) is 4.21 Å². The van der Waals surface area contributed by atoms with Crippen LogP contribution in [-0.2, 0) is 15.7 Å². The Morgan fingerprint density at radius 3 is 2.69 bits per heavy atom. The molecule has 0 amide bonds. The summed E-state index contributed by atoms with van der Waals surface area (Å²) >= 11 is 0.